The second-order valence-electron chi connectivity index (χ2n) is 5.81. The van der Waals surface area contributed by atoms with E-state index in [9.17, 15) is 0 Å². The van der Waals surface area contributed by atoms with Gasteiger partial charge in [-0.05, 0) is 51.7 Å². The zero-order chi connectivity index (χ0) is 13.6. The summed E-state index contributed by atoms with van der Waals surface area (Å²) < 4.78 is 12.0. The molecule has 0 spiro atoms. The second kappa shape index (κ2) is 4.15. The predicted octanol–water partition coefficient (Wildman–Crippen LogP) is 2.28. The molecule has 1 saturated heterocycles. The van der Waals surface area contributed by atoms with Gasteiger partial charge in [-0.15, -0.1) is 6.42 Å². The first-order valence-electron chi connectivity index (χ1n) is 6.20. The van der Waals surface area contributed by atoms with Crippen LogP contribution in [0.25, 0.3) is 0 Å². The number of aryl methyl sites for hydroxylation is 1. The van der Waals surface area contributed by atoms with Crippen LogP contribution in [0.5, 0.6) is 0 Å². The minimum absolute atomic E-state index is 0.309. The van der Waals surface area contributed by atoms with Crippen molar-refractivity contribution in [1.82, 2.24) is 0 Å². The molecule has 0 bridgehead atoms. The predicted molar refractivity (Wildman–Crippen MR) is 74.8 cm³/mol. The molecule has 0 amide bonds. The van der Waals surface area contributed by atoms with E-state index in [4.69, 9.17) is 15.7 Å². The molecule has 1 aliphatic rings. The van der Waals surface area contributed by atoms with E-state index in [0.717, 1.165) is 16.6 Å². The molecule has 18 heavy (non-hydrogen) atoms. The maximum Gasteiger partial charge on any atom is 0.494 e. The summed E-state index contributed by atoms with van der Waals surface area (Å²) in [5, 5.41) is 0. The first kappa shape index (κ1) is 13.2. The minimum atomic E-state index is -0.319. The van der Waals surface area contributed by atoms with Crippen molar-refractivity contribution in [2.75, 3.05) is 0 Å². The van der Waals surface area contributed by atoms with E-state index in [0.29, 0.717) is 0 Å². The van der Waals surface area contributed by atoms with Crippen LogP contribution in [0.1, 0.15) is 38.8 Å². The highest BCUT2D eigenvalue weighted by Crippen LogP contribution is 2.36. The quantitative estimate of drug-likeness (QED) is 0.555. The van der Waals surface area contributed by atoms with Crippen LogP contribution in [-0.4, -0.2) is 18.3 Å². The Bertz CT molecular complexity index is 496. The van der Waals surface area contributed by atoms with E-state index in [2.05, 4.69) is 33.6 Å². The Morgan fingerprint density at radius 1 is 1.11 bits per heavy atom. The Morgan fingerprint density at radius 3 is 2.11 bits per heavy atom. The first-order valence-corrected chi connectivity index (χ1v) is 6.20. The monoisotopic (exact) mass is 242 g/mol. The summed E-state index contributed by atoms with van der Waals surface area (Å²) in [5.41, 5.74) is 2.39. The Kier molecular flexibility index (Phi) is 3.05. The first-order chi connectivity index (χ1) is 8.27. The van der Waals surface area contributed by atoms with Crippen LogP contribution < -0.4 is 5.46 Å². The molecule has 0 aliphatic carbocycles. The van der Waals surface area contributed by atoms with Crippen molar-refractivity contribution in [1.29, 1.82) is 0 Å². The lowest BCUT2D eigenvalue weighted by atomic mass is 9.78. The maximum absolute atomic E-state index is 6.00. The second-order valence-corrected chi connectivity index (χ2v) is 5.81. The molecular weight excluding hydrogens is 223 g/mol. The van der Waals surface area contributed by atoms with Crippen LogP contribution in [0, 0.1) is 19.3 Å². The van der Waals surface area contributed by atoms with Gasteiger partial charge in [0.15, 0.2) is 0 Å². The highest BCUT2D eigenvalue weighted by atomic mass is 16.7. The van der Waals surface area contributed by atoms with Gasteiger partial charge in [0.2, 0.25) is 0 Å². The van der Waals surface area contributed by atoms with E-state index >= 15 is 0 Å². The molecule has 0 saturated carbocycles. The summed E-state index contributed by atoms with van der Waals surface area (Å²) >= 11 is 0. The smallest absolute Gasteiger partial charge is 0.399 e. The van der Waals surface area contributed by atoms with Gasteiger partial charge in [-0.3, -0.25) is 0 Å². The lowest BCUT2D eigenvalue weighted by Gasteiger charge is -2.32. The van der Waals surface area contributed by atoms with Crippen LogP contribution in [0.2, 0.25) is 0 Å². The average molecular weight is 242 g/mol. The topological polar surface area (TPSA) is 18.5 Å². The molecule has 2 nitrogen and oxygen atoms in total. The summed E-state index contributed by atoms with van der Waals surface area (Å²) in [4.78, 5) is 0. The van der Waals surface area contributed by atoms with Crippen molar-refractivity contribution in [3.8, 4) is 12.3 Å². The van der Waals surface area contributed by atoms with Gasteiger partial charge in [0.05, 0.1) is 11.2 Å². The number of rotatable bonds is 1. The van der Waals surface area contributed by atoms with Crippen LogP contribution in [-0.2, 0) is 9.31 Å². The van der Waals surface area contributed by atoms with Crippen LogP contribution in [0.4, 0.5) is 0 Å². The molecule has 1 fully saturated rings. The van der Waals surface area contributed by atoms with Gasteiger partial charge in [0, 0.05) is 5.56 Å². The summed E-state index contributed by atoms with van der Waals surface area (Å²) in [6.07, 6.45) is 5.43. The highest BCUT2D eigenvalue weighted by molar-refractivity contribution is 6.62. The number of terminal acetylenes is 1. The number of benzene rings is 1. The van der Waals surface area contributed by atoms with Crippen LogP contribution >= 0.6 is 0 Å². The Hall–Kier alpha value is -1.24. The van der Waals surface area contributed by atoms with Crippen molar-refractivity contribution in [2.45, 2.75) is 45.8 Å². The van der Waals surface area contributed by atoms with Crippen molar-refractivity contribution in [3.63, 3.8) is 0 Å². The standard InChI is InChI=1S/C15H19BO2/c1-7-12-8-9-13(10-11(12)2)16-17-14(3,4)15(5,6)18-16/h1,8-10H,2-6H3. The average Bonchev–Trinajstić information content (AvgIpc) is 2.48. The lowest BCUT2D eigenvalue weighted by molar-refractivity contribution is 0.00578. The van der Waals surface area contributed by atoms with Gasteiger partial charge in [-0.25, -0.2) is 0 Å². The Morgan fingerprint density at radius 2 is 1.67 bits per heavy atom. The molecule has 3 heteroatoms. The number of hydrogen-bond acceptors (Lipinski definition) is 2. The highest BCUT2D eigenvalue weighted by Gasteiger charge is 2.51. The van der Waals surface area contributed by atoms with E-state index in [-0.39, 0.29) is 18.3 Å². The van der Waals surface area contributed by atoms with E-state index in [1.807, 2.05) is 25.1 Å². The largest absolute Gasteiger partial charge is 0.494 e. The third-order valence-corrected chi connectivity index (χ3v) is 3.93. The van der Waals surface area contributed by atoms with Gasteiger partial charge < -0.3 is 9.31 Å². The van der Waals surface area contributed by atoms with Crippen LogP contribution in [0.15, 0.2) is 18.2 Å². The molecule has 1 heterocycles. The fourth-order valence-electron chi connectivity index (χ4n) is 1.97. The van der Waals surface area contributed by atoms with Crippen molar-refractivity contribution < 1.29 is 9.31 Å². The minimum Gasteiger partial charge on any atom is -0.399 e. The van der Waals surface area contributed by atoms with Gasteiger partial charge in [-0.2, -0.15) is 0 Å². The van der Waals surface area contributed by atoms with E-state index in [1.54, 1.807) is 0 Å². The van der Waals surface area contributed by atoms with Crippen molar-refractivity contribution in [2.24, 2.45) is 0 Å². The van der Waals surface area contributed by atoms with Crippen molar-refractivity contribution >= 4 is 12.6 Å². The summed E-state index contributed by atoms with van der Waals surface area (Å²) in [7, 11) is -0.319. The van der Waals surface area contributed by atoms with Gasteiger partial charge >= 0.3 is 7.12 Å². The maximum atomic E-state index is 6.00. The van der Waals surface area contributed by atoms with Crippen molar-refractivity contribution in [3.05, 3.63) is 29.3 Å². The lowest BCUT2D eigenvalue weighted by Crippen LogP contribution is -2.41. The molecule has 0 aromatic heterocycles. The molecule has 1 aromatic carbocycles. The molecular formula is C15H19BO2. The fraction of sp³-hybridized carbons (Fsp3) is 0.467. The third-order valence-electron chi connectivity index (χ3n) is 3.93. The molecule has 94 valence electrons. The Labute approximate surface area is 110 Å². The Balaban J connectivity index is 2.31. The van der Waals surface area contributed by atoms with Gasteiger partial charge in [0.25, 0.3) is 0 Å². The summed E-state index contributed by atoms with van der Waals surface area (Å²) in [6, 6.07) is 5.96. The zero-order valence-corrected chi connectivity index (χ0v) is 11.7. The summed E-state index contributed by atoms with van der Waals surface area (Å²) in [5.74, 6) is 2.66. The SMILES string of the molecule is C#Cc1ccc(B2OC(C)(C)C(C)(C)O2)cc1C. The normalized spacial score (nSPS) is 20.8. The van der Waals surface area contributed by atoms with E-state index in [1.165, 1.54) is 0 Å². The molecule has 2 rings (SSSR count). The van der Waals surface area contributed by atoms with E-state index < -0.39 is 0 Å². The fourth-order valence-corrected chi connectivity index (χ4v) is 1.97. The van der Waals surface area contributed by atoms with Gasteiger partial charge in [-0.1, -0.05) is 18.1 Å². The molecule has 0 N–H and O–H groups in total. The summed E-state index contributed by atoms with van der Waals surface area (Å²) in [6.45, 7) is 10.2. The molecule has 1 aliphatic heterocycles. The van der Waals surface area contributed by atoms with Crippen LogP contribution in [0.3, 0.4) is 0 Å². The third kappa shape index (κ3) is 2.07. The molecule has 0 atom stereocenters. The zero-order valence-electron chi connectivity index (χ0n) is 11.7. The molecule has 0 radical (unpaired) electrons. The number of hydrogen-bond donors (Lipinski definition) is 0. The van der Waals surface area contributed by atoms with Gasteiger partial charge in [0.1, 0.15) is 0 Å². The molecule has 1 aromatic rings. The molecule has 0 unspecified atom stereocenters.